The van der Waals surface area contributed by atoms with Crippen molar-refractivity contribution in [2.75, 3.05) is 5.32 Å². The Bertz CT molecular complexity index is 641. The molecule has 0 saturated carbocycles. The molecule has 0 radical (unpaired) electrons. The molecule has 8 heteroatoms. The van der Waals surface area contributed by atoms with E-state index >= 15 is 0 Å². The maximum absolute atomic E-state index is 11.4. The average molecular weight is 250 g/mol. The molecule has 0 saturated heterocycles. The Kier molecular flexibility index (Phi) is 2.77. The highest BCUT2D eigenvalue weighted by molar-refractivity contribution is 5.75. The summed E-state index contributed by atoms with van der Waals surface area (Å²) < 4.78 is 1.14. The van der Waals surface area contributed by atoms with E-state index in [0.717, 1.165) is 4.52 Å². The van der Waals surface area contributed by atoms with E-state index in [2.05, 4.69) is 20.6 Å². The number of aromatic amines is 1. The topological polar surface area (TPSA) is 118 Å². The van der Waals surface area contributed by atoms with E-state index in [1.807, 2.05) is 13.8 Å². The van der Waals surface area contributed by atoms with Crippen LogP contribution in [0.2, 0.25) is 0 Å². The highest BCUT2D eigenvalue weighted by Crippen LogP contribution is 2.15. The molecule has 0 atom stereocenters. The van der Waals surface area contributed by atoms with Gasteiger partial charge >= 0.3 is 5.69 Å². The predicted octanol–water partition coefficient (Wildman–Crippen LogP) is -0.516. The van der Waals surface area contributed by atoms with Crippen LogP contribution in [0.15, 0.2) is 16.9 Å². The van der Waals surface area contributed by atoms with Crippen LogP contribution in [-0.4, -0.2) is 31.3 Å². The van der Waals surface area contributed by atoms with Gasteiger partial charge in [0.15, 0.2) is 5.65 Å². The molecule has 2 rings (SSSR count). The minimum atomic E-state index is -0.542. The normalized spacial score (nSPS) is 11.7. The molecule has 0 aliphatic rings. The molecule has 0 unspecified atom stereocenters. The fourth-order valence-electron chi connectivity index (χ4n) is 1.70. The van der Waals surface area contributed by atoms with Crippen LogP contribution in [0.1, 0.15) is 20.3 Å². The molecule has 2 heterocycles. The lowest BCUT2D eigenvalue weighted by Crippen LogP contribution is -2.36. The standard InChI is InChI=1S/C10H14N6O2/c1-10(2,5-6(11)17)12-7-3-4-8-13-14-9(18)16(8)15-7/h3-4H,5H2,1-2H3,(H2,11,17)(H,12,15)(H,14,18). The number of primary amides is 1. The molecule has 18 heavy (non-hydrogen) atoms. The summed E-state index contributed by atoms with van der Waals surface area (Å²) in [6.07, 6.45) is 0.160. The van der Waals surface area contributed by atoms with Gasteiger partial charge in [-0.15, -0.1) is 5.10 Å². The number of H-pyrrole nitrogens is 1. The van der Waals surface area contributed by atoms with Gasteiger partial charge in [-0.3, -0.25) is 4.79 Å². The lowest BCUT2D eigenvalue weighted by Gasteiger charge is -2.25. The number of amides is 1. The summed E-state index contributed by atoms with van der Waals surface area (Å²) in [7, 11) is 0. The second-order valence-electron chi connectivity index (χ2n) is 4.67. The monoisotopic (exact) mass is 250 g/mol. The zero-order valence-electron chi connectivity index (χ0n) is 10.1. The zero-order valence-corrected chi connectivity index (χ0v) is 10.1. The molecule has 2 aromatic heterocycles. The Morgan fingerprint density at radius 1 is 1.56 bits per heavy atom. The van der Waals surface area contributed by atoms with Crippen molar-refractivity contribution in [1.82, 2.24) is 19.8 Å². The molecular formula is C10H14N6O2. The molecule has 0 aliphatic heterocycles. The fraction of sp³-hybridized carbons (Fsp3) is 0.400. The molecule has 0 spiro atoms. The first-order valence-corrected chi connectivity index (χ1v) is 5.38. The van der Waals surface area contributed by atoms with Crippen molar-refractivity contribution in [1.29, 1.82) is 0 Å². The third-order valence-corrected chi connectivity index (χ3v) is 2.36. The number of hydrogen-bond donors (Lipinski definition) is 3. The van der Waals surface area contributed by atoms with Gasteiger partial charge in [-0.25, -0.2) is 9.89 Å². The second kappa shape index (κ2) is 4.13. The Morgan fingerprint density at radius 2 is 2.28 bits per heavy atom. The lowest BCUT2D eigenvalue weighted by atomic mass is 10.0. The number of rotatable bonds is 4. The highest BCUT2D eigenvalue weighted by atomic mass is 16.2. The number of nitrogens with one attached hydrogen (secondary N) is 2. The number of fused-ring (bicyclic) bond motifs is 1. The molecule has 1 amide bonds. The van der Waals surface area contributed by atoms with Gasteiger partial charge in [0.05, 0.1) is 0 Å². The van der Waals surface area contributed by atoms with Crippen molar-refractivity contribution in [3.05, 3.63) is 22.6 Å². The maximum Gasteiger partial charge on any atom is 0.364 e. The molecule has 4 N–H and O–H groups in total. The quantitative estimate of drug-likeness (QED) is 0.675. The van der Waals surface area contributed by atoms with Gasteiger partial charge in [0.2, 0.25) is 5.91 Å². The maximum atomic E-state index is 11.4. The molecule has 0 bridgehead atoms. The largest absolute Gasteiger partial charge is 0.370 e. The van der Waals surface area contributed by atoms with Crippen molar-refractivity contribution in [2.24, 2.45) is 5.73 Å². The summed E-state index contributed by atoms with van der Waals surface area (Å²) in [6, 6.07) is 3.33. The predicted molar refractivity (Wildman–Crippen MR) is 65.1 cm³/mol. The Balaban J connectivity index is 2.29. The van der Waals surface area contributed by atoms with Gasteiger partial charge < -0.3 is 11.1 Å². The van der Waals surface area contributed by atoms with E-state index in [4.69, 9.17) is 5.73 Å². The van der Waals surface area contributed by atoms with Crippen molar-refractivity contribution in [3.8, 4) is 0 Å². The van der Waals surface area contributed by atoms with Crippen LogP contribution in [-0.2, 0) is 4.79 Å². The van der Waals surface area contributed by atoms with Gasteiger partial charge in [0.25, 0.3) is 0 Å². The van der Waals surface area contributed by atoms with Crippen molar-refractivity contribution in [3.63, 3.8) is 0 Å². The van der Waals surface area contributed by atoms with Gasteiger partial charge in [-0.1, -0.05) is 0 Å². The summed E-state index contributed by atoms with van der Waals surface area (Å²) in [6.45, 7) is 3.64. The molecular weight excluding hydrogens is 236 g/mol. The summed E-state index contributed by atoms with van der Waals surface area (Å²) in [5.41, 5.74) is 4.63. The number of hydrogen-bond acceptors (Lipinski definition) is 5. The van der Waals surface area contributed by atoms with Crippen molar-refractivity contribution in [2.45, 2.75) is 25.8 Å². The summed E-state index contributed by atoms with van der Waals surface area (Å²) in [5.74, 6) is 0.0614. The number of carbonyl (C=O) groups excluding carboxylic acids is 1. The molecule has 2 aromatic rings. The average Bonchev–Trinajstić information content (AvgIpc) is 2.58. The number of nitrogens with two attached hydrogens (primary N) is 1. The number of aromatic nitrogens is 4. The Hall–Kier alpha value is -2.38. The van der Waals surface area contributed by atoms with E-state index < -0.39 is 17.1 Å². The minimum Gasteiger partial charge on any atom is -0.370 e. The lowest BCUT2D eigenvalue weighted by molar-refractivity contribution is -0.118. The molecule has 8 nitrogen and oxygen atoms in total. The first-order chi connectivity index (χ1) is 8.37. The van der Waals surface area contributed by atoms with E-state index in [1.54, 1.807) is 12.1 Å². The number of carbonyl (C=O) groups is 1. The molecule has 0 aliphatic carbocycles. The third kappa shape index (κ3) is 2.47. The summed E-state index contributed by atoms with van der Waals surface area (Å²) in [5, 5.41) is 13.2. The van der Waals surface area contributed by atoms with Crippen LogP contribution in [0.3, 0.4) is 0 Å². The highest BCUT2D eigenvalue weighted by Gasteiger charge is 2.21. The van der Waals surface area contributed by atoms with Crippen molar-refractivity contribution >= 4 is 17.4 Å². The Morgan fingerprint density at radius 3 is 2.94 bits per heavy atom. The van der Waals surface area contributed by atoms with Crippen LogP contribution in [0.4, 0.5) is 5.82 Å². The minimum absolute atomic E-state index is 0.160. The smallest absolute Gasteiger partial charge is 0.364 e. The van der Waals surface area contributed by atoms with Crippen LogP contribution >= 0.6 is 0 Å². The van der Waals surface area contributed by atoms with E-state index in [1.165, 1.54) is 0 Å². The fourth-order valence-corrected chi connectivity index (χ4v) is 1.70. The van der Waals surface area contributed by atoms with Gasteiger partial charge in [0, 0.05) is 12.0 Å². The second-order valence-corrected chi connectivity index (χ2v) is 4.67. The van der Waals surface area contributed by atoms with E-state index in [0.29, 0.717) is 11.5 Å². The first-order valence-electron chi connectivity index (χ1n) is 5.38. The van der Waals surface area contributed by atoms with Crippen LogP contribution in [0.5, 0.6) is 0 Å². The van der Waals surface area contributed by atoms with Gasteiger partial charge in [-0.05, 0) is 26.0 Å². The number of nitrogens with zero attached hydrogens (tertiary/aromatic N) is 3. The van der Waals surface area contributed by atoms with Crippen LogP contribution in [0.25, 0.3) is 5.65 Å². The Labute approximate surface area is 102 Å². The third-order valence-electron chi connectivity index (χ3n) is 2.36. The number of anilines is 1. The van der Waals surface area contributed by atoms with E-state index in [9.17, 15) is 9.59 Å². The van der Waals surface area contributed by atoms with Gasteiger partial charge in [0.1, 0.15) is 5.82 Å². The molecule has 0 fully saturated rings. The van der Waals surface area contributed by atoms with Crippen LogP contribution < -0.4 is 16.7 Å². The van der Waals surface area contributed by atoms with Crippen molar-refractivity contribution < 1.29 is 4.79 Å². The SMILES string of the molecule is CC(C)(CC(N)=O)Nc1ccc2n[nH]c(=O)n2n1. The molecule has 0 aromatic carbocycles. The molecule has 96 valence electrons. The zero-order chi connectivity index (χ0) is 13.3. The van der Waals surface area contributed by atoms with Crippen LogP contribution in [0, 0.1) is 0 Å². The van der Waals surface area contributed by atoms with E-state index in [-0.39, 0.29) is 6.42 Å². The van der Waals surface area contributed by atoms with Gasteiger partial charge in [-0.2, -0.15) is 9.61 Å². The first kappa shape index (κ1) is 12.1. The summed E-state index contributed by atoms with van der Waals surface area (Å²) >= 11 is 0. The summed E-state index contributed by atoms with van der Waals surface area (Å²) in [4.78, 5) is 22.3.